The topological polar surface area (TPSA) is 46.4 Å². The molecule has 2 heterocycles. The largest absolute Gasteiger partial charge is 0.349 e. The van der Waals surface area contributed by atoms with Gasteiger partial charge in [0.05, 0.1) is 17.3 Å². The number of thioether (sulfide) groups is 1. The number of nitrogens with zero attached hydrogens (tertiary/aromatic N) is 2. The van der Waals surface area contributed by atoms with Crippen LogP contribution in [0, 0.1) is 0 Å². The third-order valence-corrected chi connectivity index (χ3v) is 5.06. The van der Waals surface area contributed by atoms with Crippen LogP contribution in [0.15, 0.2) is 30.6 Å². The first-order valence-corrected chi connectivity index (χ1v) is 8.32. The van der Waals surface area contributed by atoms with Crippen molar-refractivity contribution in [2.24, 2.45) is 0 Å². The summed E-state index contributed by atoms with van der Waals surface area (Å²) in [4.78, 5) is 12.4. The van der Waals surface area contributed by atoms with Crippen LogP contribution in [0.25, 0.3) is 5.52 Å². The van der Waals surface area contributed by atoms with E-state index in [9.17, 15) is 4.79 Å². The molecule has 2 aromatic heterocycles. The number of aromatic nitrogens is 2. The maximum Gasteiger partial charge on any atom is 0.255 e. The molecule has 0 spiro atoms. The molecule has 1 saturated carbocycles. The van der Waals surface area contributed by atoms with Gasteiger partial charge in [-0.05, 0) is 37.7 Å². The molecule has 0 aliphatic heterocycles. The van der Waals surface area contributed by atoms with E-state index in [1.807, 2.05) is 36.2 Å². The van der Waals surface area contributed by atoms with Gasteiger partial charge in [0.2, 0.25) is 0 Å². The zero-order chi connectivity index (χ0) is 13.9. The summed E-state index contributed by atoms with van der Waals surface area (Å²) in [6.07, 6.45) is 10.3. The van der Waals surface area contributed by atoms with Crippen LogP contribution >= 0.6 is 11.8 Å². The first-order valence-electron chi connectivity index (χ1n) is 7.04. The fourth-order valence-electron chi connectivity index (χ4n) is 2.86. The molecule has 2 atom stereocenters. The van der Waals surface area contributed by atoms with Crippen molar-refractivity contribution in [2.75, 3.05) is 6.26 Å². The zero-order valence-corrected chi connectivity index (χ0v) is 12.4. The fourth-order valence-corrected chi connectivity index (χ4v) is 3.69. The van der Waals surface area contributed by atoms with E-state index < -0.39 is 0 Å². The van der Waals surface area contributed by atoms with Crippen LogP contribution in [0.4, 0.5) is 0 Å². The Balaban J connectivity index is 1.73. The molecular weight excluding hydrogens is 270 g/mol. The summed E-state index contributed by atoms with van der Waals surface area (Å²) >= 11 is 1.91. The molecule has 2 aromatic rings. The SMILES string of the molecule is CSC1CCCC(NC(=O)c2cnn3ccccc23)C1. The molecule has 1 aliphatic carbocycles. The van der Waals surface area contributed by atoms with Gasteiger partial charge < -0.3 is 5.32 Å². The minimum absolute atomic E-state index is 0.00190. The average molecular weight is 289 g/mol. The molecule has 0 saturated heterocycles. The lowest BCUT2D eigenvalue weighted by Gasteiger charge is -2.28. The molecule has 3 rings (SSSR count). The first kappa shape index (κ1) is 13.5. The number of hydrogen-bond acceptors (Lipinski definition) is 3. The van der Waals surface area contributed by atoms with E-state index in [-0.39, 0.29) is 5.91 Å². The van der Waals surface area contributed by atoms with Crippen molar-refractivity contribution in [3.63, 3.8) is 0 Å². The highest BCUT2D eigenvalue weighted by molar-refractivity contribution is 7.99. The predicted octanol–water partition coefficient (Wildman–Crippen LogP) is 2.74. The summed E-state index contributed by atoms with van der Waals surface area (Å²) in [5.41, 5.74) is 1.53. The van der Waals surface area contributed by atoms with E-state index in [2.05, 4.69) is 16.7 Å². The lowest BCUT2D eigenvalue weighted by Crippen LogP contribution is -2.39. The van der Waals surface area contributed by atoms with Gasteiger partial charge >= 0.3 is 0 Å². The molecule has 5 heteroatoms. The zero-order valence-electron chi connectivity index (χ0n) is 11.6. The molecular formula is C15H19N3OS. The van der Waals surface area contributed by atoms with Crippen LogP contribution in [0.5, 0.6) is 0 Å². The van der Waals surface area contributed by atoms with Gasteiger partial charge in [-0.25, -0.2) is 4.52 Å². The van der Waals surface area contributed by atoms with Crippen LogP contribution in [-0.4, -0.2) is 33.1 Å². The summed E-state index contributed by atoms with van der Waals surface area (Å²) in [6, 6.07) is 6.06. The standard InChI is InChI=1S/C15H19N3OS/c1-20-12-6-4-5-11(9-12)17-15(19)13-10-16-18-8-3-2-7-14(13)18/h2-3,7-8,10-12H,4-6,9H2,1H3,(H,17,19). The molecule has 1 amide bonds. The van der Waals surface area contributed by atoms with Crippen molar-refractivity contribution < 1.29 is 4.79 Å². The number of nitrogens with one attached hydrogen (secondary N) is 1. The van der Waals surface area contributed by atoms with E-state index in [0.29, 0.717) is 16.9 Å². The average Bonchev–Trinajstić information content (AvgIpc) is 2.91. The highest BCUT2D eigenvalue weighted by Crippen LogP contribution is 2.27. The summed E-state index contributed by atoms with van der Waals surface area (Å²) in [7, 11) is 0. The number of rotatable bonds is 3. The number of carbonyl (C=O) groups excluding carboxylic acids is 1. The Morgan fingerprint density at radius 1 is 1.45 bits per heavy atom. The second-order valence-corrected chi connectivity index (χ2v) is 6.42. The summed E-state index contributed by atoms with van der Waals surface area (Å²) in [5, 5.41) is 8.07. The maximum absolute atomic E-state index is 12.4. The number of carbonyl (C=O) groups is 1. The van der Waals surface area contributed by atoms with Crippen LogP contribution in [0.2, 0.25) is 0 Å². The summed E-state index contributed by atoms with van der Waals surface area (Å²) in [5.74, 6) is -0.00190. The molecule has 1 fully saturated rings. The molecule has 0 bridgehead atoms. The molecule has 1 N–H and O–H groups in total. The monoisotopic (exact) mass is 289 g/mol. The minimum atomic E-state index is -0.00190. The summed E-state index contributed by atoms with van der Waals surface area (Å²) in [6.45, 7) is 0. The van der Waals surface area contributed by atoms with Gasteiger partial charge in [0.15, 0.2) is 0 Å². The van der Waals surface area contributed by atoms with Crippen LogP contribution in [0.3, 0.4) is 0 Å². The minimum Gasteiger partial charge on any atom is -0.349 e. The van der Waals surface area contributed by atoms with E-state index in [1.165, 1.54) is 12.8 Å². The van der Waals surface area contributed by atoms with Crippen molar-refractivity contribution in [2.45, 2.75) is 37.0 Å². The third-order valence-electron chi connectivity index (χ3n) is 3.97. The Bertz CT molecular complexity index is 610. The molecule has 4 nitrogen and oxygen atoms in total. The van der Waals surface area contributed by atoms with Crippen molar-refractivity contribution in [3.8, 4) is 0 Å². The number of amides is 1. The number of fused-ring (bicyclic) bond motifs is 1. The Morgan fingerprint density at radius 3 is 3.20 bits per heavy atom. The second-order valence-electron chi connectivity index (χ2n) is 5.28. The lowest BCUT2D eigenvalue weighted by atomic mass is 9.94. The summed E-state index contributed by atoms with van der Waals surface area (Å²) < 4.78 is 1.74. The molecule has 106 valence electrons. The van der Waals surface area contributed by atoms with Gasteiger partial charge in [-0.1, -0.05) is 12.5 Å². The van der Waals surface area contributed by atoms with Crippen molar-refractivity contribution >= 4 is 23.2 Å². The van der Waals surface area contributed by atoms with Gasteiger partial charge in [0.25, 0.3) is 5.91 Å². The van der Waals surface area contributed by atoms with Crippen molar-refractivity contribution in [1.29, 1.82) is 0 Å². The molecule has 20 heavy (non-hydrogen) atoms. The Kier molecular flexibility index (Phi) is 3.96. The number of hydrogen-bond donors (Lipinski definition) is 1. The Labute approximate surface area is 122 Å². The van der Waals surface area contributed by atoms with E-state index in [1.54, 1.807) is 10.7 Å². The predicted molar refractivity (Wildman–Crippen MR) is 82.2 cm³/mol. The first-order chi connectivity index (χ1) is 9.78. The quantitative estimate of drug-likeness (QED) is 0.945. The molecule has 2 unspecified atom stereocenters. The highest BCUT2D eigenvalue weighted by Gasteiger charge is 2.23. The van der Waals surface area contributed by atoms with Crippen LogP contribution in [0.1, 0.15) is 36.0 Å². The Hall–Kier alpha value is -1.49. The number of pyridine rings is 1. The maximum atomic E-state index is 12.4. The normalized spacial score (nSPS) is 22.9. The van der Waals surface area contributed by atoms with E-state index >= 15 is 0 Å². The van der Waals surface area contributed by atoms with Gasteiger partial charge in [0.1, 0.15) is 0 Å². The molecule has 1 aliphatic rings. The van der Waals surface area contributed by atoms with Gasteiger partial charge in [-0.2, -0.15) is 16.9 Å². The van der Waals surface area contributed by atoms with Gasteiger partial charge in [-0.3, -0.25) is 4.79 Å². The van der Waals surface area contributed by atoms with Gasteiger partial charge in [-0.15, -0.1) is 0 Å². The lowest BCUT2D eigenvalue weighted by molar-refractivity contribution is 0.0930. The van der Waals surface area contributed by atoms with Crippen molar-refractivity contribution in [3.05, 3.63) is 36.2 Å². The smallest absolute Gasteiger partial charge is 0.255 e. The van der Waals surface area contributed by atoms with E-state index in [4.69, 9.17) is 0 Å². The van der Waals surface area contributed by atoms with Crippen LogP contribution in [-0.2, 0) is 0 Å². The highest BCUT2D eigenvalue weighted by atomic mass is 32.2. The Morgan fingerprint density at radius 2 is 2.35 bits per heavy atom. The van der Waals surface area contributed by atoms with Crippen molar-refractivity contribution in [1.82, 2.24) is 14.9 Å². The fraction of sp³-hybridized carbons (Fsp3) is 0.467. The van der Waals surface area contributed by atoms with E-state index in [0.717, 1.165) is 18.4 Å². The second kappa shape index (κ2) is 5.87. The van der Waals surface area contributed by atoms with Gasteiger partial charge in [0, 0.05) is 17.5 Å². The van der Waals surface area contributed by atoms with Crippen LogP contribution < -0.4 is 5.32 Å². The molecule has 0 aromatic carbocycles. The molecule has 0 radical (unpaired) electrons. The third kappa shape index (κ3) is 2.68.